The summed E-state index contributed by atoms with van der Waals surface area (Å²) in [7, 11) is 1.46. The van der Waals surface area contributed by atoms with Gasteiger partial charge in [-0.25, -0.2) is 4.99 Å². The lowest BCUT2D eigenvalue weighted by Crippen LogP contribution is -2.47. The molecular weight excluding hydrogens is 477 g/mol. The summed E-state index contributed by atoms with van der Waals surface area (Å²) < 4.78 is 10.3. The third-order valence-corrected chi connectivity index (χ3v) is 5.39. The minimum absolute atomic E-state index is 0. The van der Waals surface area contributed by atoms with Crippen molar-refractivity contribution in [1.82, 2.24) is 10.2 Å². The molecule has 1 aliphatic rings. The number of carbonyl (C=O) groups is 1. The normalized spacial score (nSPS) is 15.3. The van der Waals surface area contributed by atoms with Crippen molar-refractivity contribution < 1.29 is 13.9 Å². The van der Waals surface area contributed by atoms with Crippen molar-refractivity contribution in [3.05, 3.63) is 46.5 Å². The second kappa shape index (κ2) is 11.3. The molecule has 2 aromatic heterocycles. The summed E-state index contributed by atoms with van der Waals surface area (Å²) >= 11 is 1.71. The van der Waals surface area contributed by atoms with Crippen LogP contribution in [0.2, 0.25) is 0 Å². The number of esters is 1. The van der Waals surface area contributed by atoms with Gasteiger partial charge in [-0.1, -0.05) is 6.07 Å². The number of piperidine rings is 1. The van der Waals surface area contributed by atoms with Crippen LogP contribution in [0.15, 0.2) is 45.3 Å². The number of methoxy groups -OCH3 is 1. The molecule has 0 atom stereocenters. The first-order valence-corrected chi connectivity index (χ1v) is 9.80. The summed E-state index contributed by atoms with van der Waals surface area (Å²) in [5, 5.41) is 5.52. The van der Waals surface area contributed by atoms with Crippen molar-refractivity contribution in [3.8, 4) is 0 Å². The number of rotatable bonds is 6. The van der Waals surface area contributed by atoms with Gasteiger partial charge < -0.3 is 19.4 Å². The molecule has 0 bridgehead atoms. The minimum Gasteiger partial charge on any atom is -0.469 e. The highest BCUT2D eigenvalue weighted by atomic mass is 127. The summed E-state index contributed by atoms with van der Waals surface area (Å²) in [5.74, 6) is 1.75. The Labute approximate surface area is 181 Å². The number of thiophene rings is 1. The van der Waals surface area contributed by atoms with Gasteiger partial charge in [-0.3, -0.25) is 4.79 Å². The van der Waals surface area contributed by atoms with Gasteiger partial charge in [0.05, 0.1) is 25.8 Å². The van der Waals surface area contributed by atoms with Crippen molar-refractivity contribution >= 4 is 47.2 Å². The Hall–Kier alpha value is -1.55. The zero-order valence-corrected chi connectivity index (χ0v) is 18.6. The Morgan fingerprint density at radius 2 is 2.19 bits per heavy atom. The van der Waals surface area contributed by atoms with Gasteiger partial charge in [-0.05, 0) is 36.4 Å². The van der Waals surface area contributed by atoms with E-state index in [0.29, 0.717) is 6.54 Å². The molecular formula is C19H26IN3O3S. The van der Waals surface area contributed by atoms with Crippen LogP contribution in [0.3, 0.4) is 0 Å². The summed E-state index contributed by atoms with van der Waals surface area (Å²) in [6.07, 6.45) is 4.09. The van der Waals surface area contributed by atoms with Crippen LogP contribution in [-0.2, 0) is 22.5 Å². The second-order valence-corrected chi connectivity index (χ2v) is 7.29. The van der Waals surface area contributed by atoms with Crippen LogP contribution in [0.1, 0.15) is 23.5 Å². The van der Waals surface area contributed by atoms with Gasteiger partial charge in [0.25, 0.3) is 0 Å². The first-order chi connectivity index (χ1) is 12.8. The molecule has 2 aromatic rings. The van der Waals surface area contributed by atoms with Crippen molar-refractivity contribution in [2.45, 2.75) is 25.8 Å². The molecule has 1 saturated heterocycles. The predicted octanol–water partition coefficient (Wildman–Crippen LogP) is 3.53. The summed E-state index contributed by atoms with van der Waals surface area (Å²) in [5.41, 5.74) is 0. The average molecular weight is 503 g/mol. The van der Waals surface area contributed by atoms with Crippen molar-refractivity contribution in [2.75, 3.05) is 26.7 Å². The minimum atomic E-state index is -0.104. The molecule has 0 aliphatic carbocycles. The average Bonchev–Trinajstić information content (AvgIpc) is 3.38. The van der Waals surface area contributed by atoms with Gasteiger partial charge in [0, 0.05) is 30.9 Å². The maximum absolute atomic E-state index is 11.7. The zero-order chi connectivity index (χ0) is 18.2. The molecule has 0 saturated carbocycles. The highest BCUT2D eigenvalue weighted by molar-refractivity contribution is 14.0. The molecule has 1 aliphatic heterocycles. The fraction of sp³-hybridized carbons (Fsp3) is 0.474. The van der Waals surface area contributed by atoms with Gasteiger partial charge in [-0.15, -0.1) is 35.3 Å². The third kappa shape index (κ3) is 6.53. The molecule has 1 fully saturated rings. The molecule has 0 spiro atoms. The molecule has 148 valence electrons. The standard InChI is InChI=1S/C19H25N3O3S.HI/c1-24-18(23)15-7-10-22(11-8-15)19(21-14-17-5-3-13-26-17)20-9-6-16-4-2-12-25-16;/h2-5,12-13,15H,6-11,14H2,1H3,(H,20,21);1H. The molecule has 3 heterocycles. The van der Waals surface area contributed by atoms with Gasteiger partial charge in [0.2, 0.25) is 0 Å². The maximum Gasteiger partial charge on any atom is 0.308 e. The van der Waals surface area contributed by atoms with E-state index in [1.165, 1.54) is 12.0 Å². The Morgan fingerprint density at radius 3 is 2.81 bits per heavy atom. The molecule has 1 N–H and O–H groups in total. The fourth-order valence-electron chi connectivity index (χ4n) is 3.07. The number of hydrogen-bond acceptors (Lipinski definition) is 5. The van der Waals surface area contributed by atoms with E-state index in [1.807, 2.05) is 18.2 Å². The van der Waals surface area contributed by atoms with Gasteiger partial charge in [-0.2, -0.15) is 0 Å². The van der Waals surface area contributed by atoms with E-state index < -0.39 is 0 Å². The first-order valence-electron chi connectivity index (χ1n) is 8.92. The third-order valence-electron chi connectivity index (χ3n) is 4.53. The van der Waals surface area contributed by atoms with E-state index >= 15 is 0 Å². The molecule has 0 unspecified atom stereocenters. The van der Waals surface area contributed by atoms with E-state index in [2.05, 4.69) is 21.7 Å². The van der Waals surface area contributed by atoms with Crippen LogP contribution in [0.4, 0.5) is 0 Å². The maximum atomic E-state index is 11.7. The summed E-state index contributed by atoms with van der Waals surface area (Å²) in [6.45, 7) is 3.03. The molecule has 0 radical (unpaired) electrons. The van der Waals surface area contributed by atoms with Crippen LogP contribution < -0.4 is 5.32 Å². The number of carbonyl (C=O) groups excluding carboxylic acids is 1. The number of likely N-dealkylation sites (tertiary alicyclic amines) is 1. The van der Waals surface area contributed by atoms with E-state index in [1.54, 1.807) is 17.6 Å². The Bertz CT molecular complexity index is 696. The number of furan rings is 1. The van der Waals surface area contributed by atoms with Crippen molar-refractivity contribution in [2.24, 2.45) is 10.9 Å². The van der Waals surface area contributed by atoms with Crippen LogP contribution in [0, 0.1) is 5.92 Å². The molecule has 0 amide bonds. The fourth-order valence-corrected chi connectivity index (χ4v) is 3.70. The Morgan fingerprint density at radius 1 is 1.37 bits per heavy atom. The number of guanidine groups is 1. The van der Waals surface area contributed by atoms with Gasteiger partial charge >= 0.3 is 5.97 Å². The molecule has 3 rings (SSSR count). The molecule has 8 heteroatoms. The summed E-state index contributed by atoms with van der Waals surface area (Å²) in [6, 6.07) is 8.02. The zero-order valence-electron chi connectivity index (χ0n) is 15.4. The lowest BCUT2D eigenvalue weighted by atomic mass is 9.97. The van der Waals surface area contributed by atoms with E-state index in [0.717, 1.165) is 50.6 Å². The number of hydrogen-bond donors (Lipinski definition) is 1. The Kier molecular flexibility index (Phi) is 9.12. The van der Waals surface area contributed by atoms with Crippen LogP contribution in [0.5, 0.6) is 0 Å². The highest BCUT2D eigenvalue weighted by Gasteiger charge is 2.27. The van der Waals surface area contributed by atoms with Crippen LogP contribution >= 0.6 is 35.3 Å². The number of ether oxygens (including phenoxy) is 1. The predicted molar refractivity (Wildman–Crippen MR) is 118 cm³/mol. The lowest BCUT2D eigenvalue weighted by molar-refractivity contribution is -0.146. The SMILES string of the molecule is COC(=O)C1CCN(C(=NCc2cccs2)NCCc2ccco2)CC1.I. The van der Waals surface area contributed by atoms with Crippen molar-refractivity contribution in [1.29, 1.82) is 0 Å². The molecule has 0 aromatic carbocycles. The number of aliphatic imine (C=N–C) groups is 1. The molecule has 27 heavy (non-hydrogen) atoms. The number of nitrogens with one attached hydrogen (secondary N) is 1. The van der Waals surface area contributed by atoms with E-state index in [-0.39, 0.29) is 35.9 Å². The smallest absolute Gasteiger partial charge is 0.308 e. The van der Waals surface area contributed by atoms with Crippen LogP contribution in [0.25, 0.3) is 0 Å². The van der Waals surface area contributed by atoms with Gasteiger partial charge in [0.15, 0.2) is 5.96 Å². The van der Waals surface area contributed by atoms with Crippen molar-refractivity contribution in [3.63, 3.8) is 0 Å². The van der Waals surface area contributed by atoms with E-state index in [9.17, 15) is 4.79 Å². The molecule has 6 nitrogen and oxygen atoms in total. The van der Waals surface area contributed by atoms with Gasteiger partial charge in [0.1, 0.15) is 5.76 Å². The number of nitrogens with zero attached hydrogens (tertiary/aromatic N) is 2. The quantitative estimate of drug-likeness (QED) is 0.283. The largest absolute Gasteiger partial charge is 0.469 e. The topological polar surface area (TPSA) is 67.1 Å². The lowest BCUT2D eigenvalue weighted by Gasteiger charge is -2.33. The monoisotopic (exact) mass is 503 g/mol. The highest BCUT2D eigenvalue weighted by Crippen LogP contribution is 2.19. The second-order valence-electron chi connectivity index (χ2n) is 6.26. The first kappa shape index (κ1) is 21.7. The van der Waals surface area contributed by atoms with Crippen LogP contribution in [-0.4, -0.2) is 43.6 Å². The Balaban J connectivity index is 0.00000261. The van der Waals surface area contributed by atoms with E-state index in [4.69, 9.17) is 14.1 Å². The number of halogens is 1. The summed E-state index contributed by atoms with van der Waals surface area (Å²) in [4.78, 5) is 20.0.